The summed E-state index contributed by atoms with van der Waals surface area (Å²) >= 11 is 0. The van der Waals surface area contributed by atoms with Gasteiger partial charge in [-0.3, -0.25) is 4.79 Å². The largest absolute Gasteiger partial charge is 0.393 e. The molecule has 2 atom stereocenters. The average molecular weight is 260 g/mol. The van der Waals surface area contributed by atoms with E-state index in [1.165, 1.54) is 0 Å². The summed E-state index contributed by atoms with van der Waals surface area (Å²) in [6.07, 6.45) is 1.73. The molecule has 1 aliphatic heterocycles. The fourth-order valence-corrected chi connectivity index (χ4v) is 3.61. The highest BCUT2D eigenvalue weighted by Crippen LogP contribution is 2.54. The quantitative estimate of drug-likeness (QED) is 0.844. The van der Waals surface area contributed by atoms with Crippen molar-refractivity contribution in [3.05, 3.63) is 35.4 Å². The number of carbonyl (C=O) groups excluding carboxylic acids is 1. The standard InChI is InChI=1S/C16H20O3/c1-15(2)10-16(8-7-14(15)18)12-6-4-3-5-11(12)13(9-17)19-16/h3-6,13,17H,7-10H2,1-2H3. The highest BCUT2D eigenvalue weighted by Gasteiger charge is 2.52. The first-order chi connectivity index (χ1) is 8.98. The summed E-state index contributed by atoms with van der Waals surface area (Å²) in [5, 5.41) is 9.52. The fraction of sp³-hybridized carbons (Fsp3) is 0.562. The molecule has 2 aliphatic rings. The van der Waals surface area contributed by atoms with E-state index in [1.54, 1.807) is 0 Å². The predicted molar refractivity (Wildman–Crippen MR) is 71.7 cm³/mol. The van der Waals surface area contributed by atoms with Gasteiger partial charge in [0.2, 0.25) is 0 Å². The molecule has 3 nitrogen and oxygen atoms in total. The summed E-state index contributed by atoms with van der Waals surface area (Å²) in [5.41, 5.74) is 1.50. The molecule has 3 heteroatoms. The molecule has 1 saturated carbocycles. The van der Waals surface area contributed by atoms with E-state index in [-0.39, 0.29) is 23.7 Å². The molecule has 0 saturated heterocycles. The van der Waals surface area contributed by atoms with Crippen LogP contribution in [0.5, 0.6) is 0 Å². The molecule has 1 heterocycles. The molecule has 102 valence electrons. The molecule has 0 aromatic heterocycles. The summed E-state index contributed by atoms with van der Waals surface area (Å²) < 4.78 is 6.19. The Bertz CT molecular complexity index is 520. The number of hydrogen-bond donors (Lipinski definition) is 1. The topological polar surface area (TPSA) is 46.5 Å². The Labute approximate surface area is 113 Å². The molecule has 0 amide bonds. The van der Waals surface area contributed by atoms with Crippen molar-refractivity contribution in [2.75, 3.05) is 6.61 Å². The molecular formula is C16H20O3. The van der Waals surface area contributed by atoms with Crippen LogP contribution >= 0.6 is 0 Å². The van der Waals surface area contributed by atoms with Gasteiger partial charge in [0.1, 0.15) is 11.9 Å². The molecule has 1 N–H and O–H groups in total. The van der Waals surface area contributed by atoms with Crippen molar-refractivity contribution < 1.29 is 14.6 Å². The van der Waals surface area contributed by atoms with Gasteiger partial charge in [0.25, 0.3) is 0 Å². The summed E-state index contributed by atoms with van der Waals surface area (Å²) in [6, 6.07) is 8.08. The average Bonchev–Trinajstić information content (AvgIpc) is 2.69. The van der Waals surface area contributed by atoms with Gasteiger partial charge < -0.3 is 9.84 Å². The highest BCUT2D eigenvalue weighted by molar-refractivity contribution is 5.85. The van der Waals surface area contributed by atoms with Crippen LogP contribution in [-0.4, -0.2) is 17.5 Å². The number of ketones is 1. The lowest BCUT2D eigenvalue weighted by atomic mass is 9.66. The Hall–Kier alpha value is -1.19. The van der Waals surface area contributed by atoms with Gasteiger partial charge in [-0.2, -0.15) is 0 Å². The van der Waals surface area contributed by atoms with E-state index in [0.717, 1.165) is 17.5 Å². The number of rotatable bonds is 1. The second-order valence-electron chi connectivity index (χ2n) is 6.35. The molecule has 3 rings (SSSR count). The first-order valence-corrected chi connectivity index (χ1v) is 6.90. The number of aliphatic hydroxyl groups excluding tert-OH is 1. The summed E-state index contributed by atoms with van der Waals surface area (Å²) in [7, 11) is 0. The van der Waals surface area contributed by atoms with Crippen LogP contribution in [0.4, 0.5) is 0 Å². The Morgan fingerprint density at radius 3 is 2.79 bits per heavy atom. The van der Waals surface area contributed by atoms with Gasteiger partial charge >= 0.3 is 0 Å². The van der Waals surface area contributed by atoms with Crippen LogP contribution in [0.2, 0.25) is 0 Å². The Balaban J connectivity index is 2.05. The van der Waals surface area contributed by atoms with Crippen LogP contribution in [0.3, 0.4) is 0 Å². The molecule has 1 spiro atoms. The molecule has 19 heavy (non-hydrogen) atoms. The number of Topliss-reactive ketones (excluding diaryl/α,β-unsaturated/α-hetero) is 1. The van der Waals surface area contributed by atoms with Gasteiger partial charge in [-0.1, -0.05) is 38.1 Å². The Kier molecular flexibility index (Phi) is 2.80. The van der Waals surface area contributed by atoms with Crippen molar-refractivity contribution >= 4 is 5.78 Å². The Morgan fingerprint density at radius 1 is 1.37 bits per heavy atom. The number of hydrogen-bond acceptors (Lipinski definition) is 3. The number of ether oxygens (including phenoxy) is 1. The van der Waals surface area contributed by atoms with E-state index >= 15 is 0 Å². The molecule has 0 bridgehead atoms. The van der Waals surface area contributed by atoms with E-state index in [2.05, 4.69) is 6.07 Å². The van der Waals surface area contributed by atoms with Crippen molar-refractivity contribution in [3.8, 4) is 0 Å². The molecule has 1 fully saturated rings. The summed E-state index contributed by atoms with van der Waals surface area (Å²) in [6.45, 7) is 3.98. The minimum atomic E-state index is -0.388. The molecule has 1 aliphatic carbocycles. The lowest BCUT2D eigenvalue weighted by Crippen LogP contribution is -2.42. The third-order valence-corrected chi connectivity index (χ3v) is 4.57. The van der Waals surface area contributed by atoms with E-state index < -0.39 is 0 Å². The predicted octanol–water partition coefficient (Wildman–Crippen LogP) is 2.72. The molecule has 2 unspecified atom stereocenters. The smallest absolute Gasteiger partial charge is 0.138 e. The molecule has 0 radical (unpaired) electrons. The maximum absolute atomic E-state index is 12.0. The van der Waals surface area contributed by atoms with Crippen LogP contribution in [0.25, 0.3) is 0 Å². The minimum Gasteiger partial charge on any atom is -0.393 e. The normalized spacial score (nSPS) is 32.6. The lowest BCUT2D eigenvalue weighted by molar-refractivity contribution is -0.155. The molecular weight excluding hydrogens is 240 g/mol. The van der Waals surface area contributed by atoms with E-state index in [4.69, 9.17) is 4.74 Å². The van der Waals surface area contributed by atoms with E-state index in [1.807, 2.05) is 32.0 Å². The van der Waals surface area contributed by atoms with Gasteiger partial charge in [-0.05, 0) is 24.0 Å². The Morgan fingerprint density at radius 2 is 2.11 bits per heavy atom. The van der Waals surface area contributed by atoms with Gasteiger partial charge in [-0.15, -0.1) is 0 Å². The first kappa shape index (κ1) is 12.8. The van der Waals surface area contributed by atoms with E-state index in [9.17, 15) is 9.90 Å². The monoisotopic (exact) mass is 260 g/mol. The zero-order chi connectivity index (χ0) is 13.7. The van der Waals surface area contributed by atoms with Crippen molar-refractivity contribution in [2.24, 2.45) is 5.41 Å². The van der Waals surface area contributed by atoms with Gasteiger partial charge in [0.05, 0.1) is 12.2 Å². The fourth-order valence-electron chi connectivity index (χ4n) is 3.61. The van der Waals surface area contributed by atoms with Crippen LogP contribution < -0.4 is 0 Å². The van der Waals surface area contributed by atoms with Gasteiger partial charge in [0, 0.05) is 11.8 Å². The van der Waals surface area contributed by atoms with Crippen molar-refractivity contribution in [1.29, 1.82) is 0 Å². The van der Waals surface area contributed by atoms with Crippen LogP contribution in [0, 0.1) is 5.41 Å². The van der Waals surface area contributed by atoms with Crippen LogP contribution in [-0.2, 0) is 15.1 Å². The maximum atomic E-state index is 12.0. The maximum Gasteiger partial charge on any atom is 0.138 e. The second kappa shape index (κ2) is 4.15. The van der Waals surface area contributed by atoms with Crippen LogP contribution in [0.1, 0.15) is 50.3 Å². The second-order valence-corrected chi connectivity index (χ2v) is 6.35. The zero-order valence-electron chi connectivity index (χ0n) is 11.5. The first-order valence-electron chi connectivity index (χ1n) is 6.90. The SMILES string of the molecule is CC1(C)CC2(CCC1=O)OC(CO)c1ccccc12. The highest BCUT2D eigenvalue weighted by atomic mass is 16.5. The van der Waals surface area contributed by atoms with Crippen molar-refractivity contribution in [1.82, 2.24) is 0 Å². The lowest BCUT2D eigenvalue weighted by Gasteiger charge is -2.41. The summed E-state index contributed by atoms with van der Waals surface area (Å²) in [5.74, 6) is 0.312. The van der Waals surface area contributed by atoms with Crippen molar-refractivity contribution in [2.45, 2.75) is 44.8 Å². The van der Waals surface area contributed by atoms with Crippen molar-refractivity contribution in [3.63, 3.8) is 0 Å². The minimum absolute atomic E-state index is 0.00681. The summed E-state index contributed by atoms with van der Waals surface area (Å²) in [4.78, 5) is 12.0. The molecule has 1 aromatic rings. The third kappa shape index (κ3) is 1.84. The number of aliphatic hydroxyl groups is 1. The number of benzene rings is 1. The number of carbonyl (C=O) groups is 1. The van der Waals surface area contributed by atoms with E-state index in [0.29, 0.717) is 18.6 Å². The molecule has 1 aromatic carbocycles. The van der Waals surface area contributed by atoms with Gasteiger partial charge in [0.15, 0.2) is 0 Å². The third-order valence-electron chi connectivity index (χ3n) is 4.57. The van der Waals surface area contributed by atoms with Crippen LogP contribution in [0.15, 0.2) is 24.3 Å². The van der Waals surface area contributed by atoms with Gasteiger partial charge in [-0.25, -0.2) is 0 Å². The zero-order valence-corrected chi connectivity index (χ0v) is 11.5. The number of fused-ring (bicyclic) bond motifs is 2.